The van der Waals surface area contributed by atoms with Crippen LogP contribution < -0.4 is 13.9 Å². The maximum atomic E-state index is 14.0. The van der Waals surface area contributed by atoms with Crippen molar-refractivity contribution in [2.75, 3.05) is 49.0 Å². The molecule has 1 fully saturated rings. The Hall–Kier alpha value is -2.65. The predicted octanol–water partition coefficient (Wildman–Crippen LogP) is 5.82. The molecule has 11 heteroatoms. The van der Waals surface area contributed by atoms with Gasteiger partial charge in [0.2, 0.25) is 5.91 Å². The first kappa shape index (κ1) is 28.4. The third-order valence-electron chi connectivity index (χ3n) is 6.45. The van der Waals surface area contributed by atoms with E-state index in [0.29, 0.717) is 31.2 Å². The van der Waals surface area contributed by atoms with Crippen molar-refractivity contribution < 1.29 is 17.9 Å². The third kappa shape index (κ3) is 6.15. The van der Waals surface area contributed by atoms with E-state index in [2.05, 4.69) is 4.90 Å². The van der Waals surface area contributed by atoms with Gasteiger partial charge in [-0.15, -0.1) is 0 Å². The second-order valence-corrected chi connectivity index (χ2v) is 12.2. The van der Waals surface area contributed by atoms with Crippen molar-refractivity contribution in [1.29, 1.82) is 0 Å². The van der Waals surface area contributed by atoms with Gasteiger partial charge in [0.05, 0.1) is 12.8 Å². The summed E-state index contributed by atoms with van der Waals surface area (Å²) in [7, 11) is -2.83. The Balaban J connectivity index is 1.62. The molecular weight excluding hydrogens is 569 g/mol. The Labute approximate surface area is 238 Å². The van der Waals surface area contributed by atoms with Crippen LogP contribution in [0.15, 0.2) is 59.5 Å². The van der Waals surface area contributed by atoms with E-state index in [-0.39, 0.29) is 32.3 Å². The summed E-state index contributed by atoms with van der Waals surface area (Å²) in [5, 5.41) is 1.15. The van der Waals surface area contributed by atoms with Gasteiger partial charge in [-0.2, -0.15) is 0 Å². The highest BCUT2D eigenvalue weighted by Gasteiger charge is 2.33. The standard InChI is InChI=1S/C27H28Cl3N3O4S/c1-18-4-7-25(37-3)26(12-18)38(35,36)33(23-14-21(29)13-22(30)15-23)17-27(34)32-10-8-31(9-11-32)24-16-20(28)6-5-19(24)2/h4-7,12-16H,8-11,17H2,1-3H3. The smallest absolute Gasteiger partial charge is 0.268 e. The van der Waals surface area contributed by atoms with Crippen LogP contribution in [-0.2, 0) is 14.8 Å². The van der Waals surface area contributed by atoms with Crippen LogP contribution in [0.5, 0.6) is 5.75 Å². The fraction of sp³-hybridized carbons (Fsp3) is 0.296. The fourth-order valence-electron chi connectivity index (χ4n) is 4.45. The summed E-state index contributed by atoms with van der Waals surface area (Å²) >= 11 is 18.6. The molecule has 1 saturated heterocycles. The van der Waals surface area contributed by atoms with Crippen LogP contribution in [0.25, 0.3) is 0 Å². The molecule has 0 unspecified atom stereocenters. The van der Waals surface area contributed by atoms with E-state index < -0.39 is 16.6 Å². The average Bonchev–Trinajstić information content (AvgIpc) is 2.88. The highest BCUT2D eigenvalue weighted by atomic mass is 35.5. The SMILES string of the molecule is COc1ccc(C)cc1S(=O)(=O)N(CC(=O)N1CCN(c2cc(Cl)ccc2C)CC1)c1cc(Cl)cc(Cl)c1. The number of carbonyl (C=O) groups is 1. The molecule has 0 spiro atoms. The van der Waals surface area contributed by atoms with Crippen molar-refractivity contribution in [1.82, 2.24) is 4.90 Å². The summed E-state index contributed by atoms with van der Waals surface area (Å²) in [6, 6.07) is 15.0. The molecule has 202 valence electrons. The molecule has 0 aliphatic carbocycles. The molecule has 3 aromatic carbocycles. The Morgan fingerprint density at radius 2 is 1.55 bits per heavy atom. The Morgan fingerprint density at radius 1 is 0.895 bits per heavy atom. The van der Waals surface area contributed by atoms with Gasteiger partial charge in [0.1, 0.15) is 17.2 Å². The number of anilines is 2. The molecule has 1 aliphatic rings. The van der Waals surface area contributed by atoms with E-state index in [4.69, 9.17) is 39.5 Å². The van der Waals surface area contributed by atoms with Crippen LogP contribution in [0.2, 0.25) is 15.1 Å². The predicted molar refractivity (Wildman–Crippen MR) is 154 cm³/mol. The normalized spacial score (nSPS) is 13.9. The molecule has 1 heterocycles. The van der Waals surface area contributed by atoms with Gasteiger partial charge in [-0.3, -0.25) is 9.10 Å². The molecule has 0 saturated carbocycles. The topological polar surface area (TPSA) is 70.2 Å². The number of methoxy groups -OCH3 is 1. The van der Waals surface area contributed by atoms with E-state index >= 15 is 0 Å². The van der Waals surface area contributed by atoms with E-state index in [9.17, 15) is 13.2 Å². The van der Waals surface area contributed by atoms with Crippen LogP contribution in [-0.4, -0.2) is 59.1 Å². The number of hydrogen-bond donors (Lipinski definition) is 0. The molecule has 0 atom stereocenters. The molecule has 1 amide bonds. The second-order valence-electron chi connectivity index (χ2n) is 9.09. The van der Waals surface area contributed by atoms with Crippen LogP contribution in [0.4, 0.5) is 11.4 Å². The molecule has 3 aromatic rings. The number of ether oxygens (including phenoxy) is 1. The van der Waals surface area contributed by atoms with Crippen LogP contribution >= 0.6 is 34.8 Å². The van der Waals surface area contributed by atoms with Crippen molar-refractivity contribution in [3.63, 3.8) is 0 Å². The quantitative estimate of drug-likeness (QED) is 0.344. The largest absolute Gasteiger partial charge is 0.495 e. The second kappa shape index (κ2) is 11.6. The molecule has 0 radical (unpaired) electrons. The lowest BCUT2D eigenvalue weighted by Crippen LogP contribution is -2.52. The first-order valence-electron chi connectivity index (χ1n) is 11.9. The lowest BCUT2D eigenvalue weighted by Gasteiger charge is -2.37. The number of hydrogen-bond acceptors (Lipinski definition) is 5. The molecule has 4 rings (SSSR count). The van der Waals surface area contributed by atoms with Crippen LogP contribution in [0.3, 0.4) is 0 Å². The fourth-order valence-corrected chi connectivity index (χ4v) is 6.77. The maximum Gasteiger partial charge on any atom is 0.268 e. The number of halogens is 3. The van der Waals surface area contributed by atoms with Crippen LogP contribution in [0.1, 0.15) is 11.1 Å². The van der Waals surface area contributed by atoms with Gasteiger partial charge in [-0.25, -0.2) is 8.42 Å². The van der Waals surface area contributed by atoms with Gasteiger partial charge < -0.3 is 14.5 Å². The summed E-state index contributed by atoms with van der Waals surface area (Å²) < 4.78 is 34.3. The molecule has 1 aliphatic heterocycles. The summed E-state index contributed by atoms with van der Waals surface area (Å²) in [4.78, 5) is 17.3. The summed E-state index contributed by atoms with van der Waals surface area (Å²) in [6.45, 7) is 5.42. The van der Waals surface area contributed by atoms with E-state index in [1.807, 2.05) is 25.1 Å². The number of benzene rings is 3. The number of nitrogens with zero attached hydrogens (tertiary/aromatic N) is 3. The Morgan fingerprint density at radius 3 is 2.18 bits per heavy atom. The first-order valence-corrected chi connectivity index (χ1v) is 14.5. The number of aryl methyl sites for hydroxylation is 2. The minimum atomic E-state index is -4.23. The van der Waals surface area contributed by atoms with Gasteiger partial charge >= 0.3 is 0 Å². The Kier molecular flexibility index (Phi) is 8.67. The minimum Gasteiger partial charge on any atom is -0.495 e. The van der Waals surface area contributed by atoms with E-state index in [0.717, 1.165) is 21.1 Å². The third-order valence-corrected chi connectivity index (χ3v) is 8.91. The molecule has 0 aromatic heterocycles. The number of sulfonamides is 1. The van der Waals surface area contributed by atoms with Gasteiger partial charge in [-0.05, 0) is 67.4 Å². The molecular formula is C27H28Cl3N3O4S. The summed E-state index contributed by atoms with van der Waals surface area (Å²) in [5.41, 5.74) is 3.03. The highest BCUT2D eigenvalue weighted by molar-refractivity contribution is 7.93. The number of rotatable bonds is 7. The summed E-state index contributed by atoms with van der Waals surface area (Å²) in [5.74, 6) is -0.162. The zero-order valence-corrected chi connectivity index (χ0v) is 24.3. The van der Waals surface area contributed by atoms with E-state index in [1.54, 1.807) is 24.0 Å². The van der Waals surface area contributed by atoms with Gasteiger partial charge in [-0.1, -0.05) is 46.9 Å². The number of piperazine rings is 1. The van der Waals surface area contributed by atoms with E-state index in [1.165, 1.54) is 31.4 Å². The first-order chi connectivity index (χ1) is 18.0. The average molecular weight is 597 g/mol. The highest BCUT2D eigenvalue weighted by Crippen LogP contribution is 2.34. The monoisotopic (exact) mass is 595 g/mol. The van der Waals surface area contributed by atoms with Crippen molar-refractivity contribution in [3.05, 3.63) is 80.8 Å². The number of amides is 1. The van der Waals surface area contributed by atoms with Gasteiger partial charge in [0, 0.05) is 46.9 Å². The van der Waals surface area contributed by atoms with Gasteiger partial charge in [0.15, 0.2) is 0 Å². The number of carbonyl (C=O) groups excluding carboxylic acids is 1. The summed E-state index contributed by atoms with van der Waals surface area (Å²) in [6.07, 6.45) is 0. The molecule has 0 bridgehead atoms. The molecule has 0 N–H and O–H groups in total. The minimum absolute atomic E-state index is 0.0508. The molecule has 7 nitrogen and oxygen atoms in total. The van der Waals surface area contributed by atoms with Crippen molar-refractivity contribution >= 4 is 62.1 Å². The Bertz CT molecular complexity index is 1440. The molecule has 38 heavy (non-hydrogen) atoms. The zero-order valence-electron chi connectivity index (χ0n) is 21.2. The van der Waals surface area contributed by atoms with Crippen molar-refractivity contribution in [2.45, 2.75) is 18.7 Å². The van der Waals surface area contributed by atoms with Gasteiger partial charge in [0.25, 0.3) is 10.0 Å². The lowest BCUT2D eigenvalue weighted by molar-refractivity contribution is -0.129. The zero-order chi connectivity index (χ0) is 27.6. The van der Waals surface area contributed by atoms with Crippen LogP contribution in [0, 0.1) is 13.8 Å². The van der Waals surface area contributed by atoms with Crippen molar-refractivity contribution in [3.8, 4) is 5.75 Å². The maximum absolute atomic E-state index is 14.0. The lowest BCUT2D eigenvalue weighted by atomic mass is 10.1. The van der Waals surface area contributed by atoms with Crippen molar-refractivity contribution in [2.24, 2.45) is 0 Å².